The lowest BCUT2D eigenvalue weighted by molar-refractivity contribution is -0.166. The van der Waals surface area contributed by atoms with E-state index in [1.54, 1.807) is 37.3 Å². The highest BCUT2D eigenvalue weighted by Gasteiger charge is 2.50. The van der Waals surface area contributed by atoms with Crippen LogP contribution in [-0.2, 0) is 21.7 Å². The van der Waals surface area contributed by atoms with E-state index in [9.17, 15) is 14.3 Å². The van der Waals surface area contributed by atoms with E-state index < -0.39 is 23.5 Å². The molecule has 172 valence electrons. The maximum absolute atomic E-state index is 13.9. The van der Waals surface area contributed by atoms with Gasteiger partial charge in [0.15, 0.2) is 5.60 Å². The summed E-state index contributed by atoms with van der Waals surface area (Å²) in [5.74, 6) is -1.74. The fraction of sp³-hybridized carbons (Fsp3) is 0.148. The number of carboxylic acids is 1. The number of halogens is 1. The van der Waals surface area contributed by atoms with Crippen LogP contribution in [0, 0.1) is 12.7 Å². The lowest BCUT2D eigenvalue weighted by atomic mass is 9.81. The molecule has 34 heavy (non-hydrogen) atoms. The standard InChI is InChI=1S/C27H23FN2O4/c1-19-16-17-29-26(30-19)34-24(25(31)32)27(21-10-6-3-7-11-21,22-12-14-23(28)15-13-22)33-18-20-8-4-2-5-9-20/h2-17,24H,18H2,1H3,(H,31,32)/t24-,27+/m1/s1. The summed E-state index contributed by atoms with van der Waals surface area (Å²) in [7, 11) is 0. The van der Waals surface area contributed by atoms with Gasteiger partial charge in [0.2, 0.25) is 6.10 Å². The van der Waals surface area contributed by atoms with Gasteiger partial charge < -0.3 is 14.6 Å². The molecule has 1 aromatic heterocycles. The van der Waals surface area contributed by atoms with Crippen LogP contribution in [0.3, 0.4) is 0 Å². The van der Waals surface area contributed by atoms with Crippen LogP contribution in [0.4, 0.5) is 4.39 Å². The van der Waals surface area contributed by atoms with Gasteiger partial charge in [-0.3, -0.25) is 0 Å². The molecule has 3 aromatic carbocycles. The molecule has 0 aliphatic carbocycles. The Morgan fingerprint density at radius 1 is 0.941 bits per heavy atom. The molecule has 1 N–H and O–H groups in total. The fourth-order valence-electron chi connectivity index (χ4n) is 3.76. The number of nitrogens with zero attached hydrogens (tertiary/aromatic N) is 2. The third-order valence-electron chi connectivity index (χ3n) is 5.37. The number of rotatable bonds is 9. The van der Waals surface area contributed by atoms with Gasteiger partial charge in [0.1, 0.15) is 5.82 Å². The molecule has 6 nitrogen and oxygen atoms in total. The number of hydrogen-bond acceptors (Lipinski definition) is 5. The highest BCUT2D eigenvalue weighted by molar-refractivity contribution is 5.76. The highest BCUT2D eigenvalue weighted by atomic mass is 19.1. The van der Waals surface area contributed by atoms with E-state index in [1.807, 2.05) is 36.4 Å². The summed E-state index contributed by atoms with van der Waals surface area (Å²) in [4.78, 5) is 21.0. The van der Waals surface area contributed by atoms with Gasteiger partial charge in [-0.1, -0.05) is 72.8 Å². The van der Waals surface area contributed by atoms with E-state index in [4.69, 9.17) is 9.47 Å². The van der Waals surface area contributed by atoms with Crippen molar-refractivity contribution in [2.75, 3.05) is 0 Å². The van der Waals surface area contributed by atoms with Gasteiger partial charge >= 0.3 is 12.0 Å². The summed E-state index contributed by atoms with van der Waals surface area (Å²) in [5, 5.41) is 10.4. The van der Waals surface area contributed by atoms with Crippen LogP contribution in [0.25, 0.3) is 0 Å². The van der Waals surface area contributed by atoms with Crippen molar-refractivity contribution in [3.8, 4) is 6.01 Å². The van der Waals surface area contributed by atoms with Crippen LogP contribution in [0.5, 0.6) is 6.01 Å². The number of carbonyl (C=O) groups is 1. The molecule has 7 heteroatoms. The second kappa shape index (κ2) is 10.2. The Labute approximate surface area is 196 Å². The Morgan fingerprint density at radius 2 is 1.56 bits per heavy atom. The van der Waals surface area contributed by atoms with Crippen molar-refractivity contribution in [1.29, 1.82) is 0 Å². The largest absolute Gasteiger partial charge is 0.478 e. The minimum Gasteiger partial charge on any atom is -0.478 e. The number of hydrogen-bond donors (Lipinski definition) is 1. The monoisotopic (exact) mass is 458 g/mol. The van der Waals surface area contributed by atoms with E-state index >= 15 is 0 Å². The third-order valence-corrected chi connectivity index (χ3v) is 5.37. The van der Waals surface area contributed by atoms with Gasteiger partial charge in [0.05, 0.1) is 6.61 Å². The molecule has 0 aliphatic rings. The molecule has 0 spiro atoms. The van der Waals surface area contributed by atoms with Crippen molar-refractivity contribution >= 4 is 5.97 Å². The predicted octanol–water partition coefficient (Wildman–Crippen LogP) is 4.92. The van der Waals surface area contributed by atoms with E-state index in [2.05, 4.69) is 9.97 Å². The zero-order chi connectivity index (χ0) is 24.0. The molecule has 0 saturated carbocycles. The van der Waals surface area contributed by atoms with Crippen molar-refractivity contribution in [1.82, 2.24) is 9.97 Å². The van der Waals surface area contributed by atoms with Crippen LogP contribution in [-0.4, -0.2) is 27.1 Å². The van der Waals surface area contributed by atoms with E-state index in [1.165, 1.54) is 30.5 Å². The molecule has 0 radical (unpaired) electrons. The molecule has 0 unspecified atom stereocenters. The number of benzene rings is 3. The molecule has 1 heterocycles. The molecule has 0 aliphatic heterocycles. The van der Waals surface area contributed by atoms with Crippen LogP contribution in [0.1, 0.15) is 22.4 Å². The molecular weight excluding hydrogens is 435 g/mol. The van der Waals surface area contributed by atoms with E-state index in [0.29, 0.717) is 16.8 Å². The first-order chi connectivity index (χ1) is 16.5. The maximum atomic E-state index is 13.9. The summed E-state index contributed by atoms with van der Waals surface area (Å²) in [5.41, 5.74) is 0.741. The molecule has 0 saturated heterocycles. The van der Waals surface area contributed by atoms with Crippen molar-refractivity contribution in [2.45, 2.75) is 25.2 Å². The summed E-state index contributed by atoms with van der Waals surface area (Å²) in [6.07, 6.45) is -0.102. The summed E-state index contributed by atoms with van der Waals surface area (Å²) >= 11 is 0. The molecule has 4 aromatic rings. The van der Waals surface area contributed by atoms with E-state index in [0.717, 1.165) is 5.56 Å². The molecular formula is C27H23FN2O4. The van der Waals surface area contributed by atoms with Gasteiger partial charge in [-0.15, -0.1) is 0 Å². The Balaban J connectivity index is 1.90. The fourth-order valence-corrected chi connectivity index (χ4v) is 3.76. The van der Waals surface area contributed by atoms with Crippen LogP contribution >= 0.6 is 0 Å². The first-order valence-electron chi connectivity index (χ1n) is 10.7. The Morgan fingerprint density at radius 3 is 2.18 bits per heavy atom. The Kier molecular flexibility index (Phi) is 6.94. The number of carboxylic acid groups (broad SMARTS) is 1. The SMILES string of the molecule is Cc1ccnc(O[C@H](C(=O)O)[C@](OCc2ccccc2)(c2ccccc2)c2ccc(F)cc2)n1. The van der Waals surface area contributed by atoms with Crippen molar-refractivity contribution in [3.63, 3.8) is 0 Å². The van der Waals surface area contributed by atoms with Crippen molar-refractivity contribution < 1.29 is 23.8 Å². The minimum absolute atomic E-state index is 0.0783. The summed E-state index contributed by atoms with van der Waals surface area (Å²) in [6.45, 7) is 1.83. The third kappa shape index (κ3) is 4.94. The molecule has 4 rings (SSSR count). The highest BCUT2D eigenvalue weighted by Crippen LogP contribution is 2.40. The van der Waals surface area contributed by atoms with Crippen molar-refractivity contribution in [2.24, 2.45) is 0 Å². The smallest absolute Gasteiger partial charge is 0.348 e. The number of aromatic nitrogens is 2. The molecule has 2 atom stereocenters. The first kappa shape index (κ1) is 23.1. The Bertz CT molecular complexity index is 1240. The van der Waals surface area contributed by atoms with Crippen LogP contribution in [0.2, 0.25) is 0 Å². The summed E-state index contributed by atoms with van der Waals surface area (Å²) < 4.78 is 26.2. The lowest BCUT2D eigenvalue weighted by Crippen LogP contribution is -2.51. The Hall–Kier alpha value is -4.10. The average molecular weight is 458 g/mol. The van der Waals surface area contributed by atoms with Gasteiger partial charge in [0, 0.05) is 11.9 Å². The molecule has 0 amide bonds. The zero-order valence-corrected chi connectivity index (χ0v) is 18.5. The second-order valence-corrected chi connectivity index (χ2v) is 7.70. The average Bonchev–Trinajstić information content (AvgIpc) is 2.86. The predicted molar refractivity (Wildman–Crippen MR) is 124 cm³/mol. The number of aryl methyl sites for hydroxylation is 1. The van der Waals surface area contributed by atoms with Gasteiger partial charge in [-0.25, -0.2) is 19.2 Å². The summed E-state index contributed by atoms with van der Waals surface area (Å²) in [6, 6.07) is 25.4. The second-order valence-electron chi connectivity index (χ2n) is 7.70. The van der Waals surface area contributed by atoms with Gasteiger partial charge in [-0.2, -0.15) is 0 Å². The maximum Gasteiger partial charge on any atom is 0.348 e. The lowest BCUT2D eigenvalue weighted by Gasteiger charge is -2.39. The first-order valence-corrected chi connectivity index (χ1v) is 10.7. The van der Waals surface area contributed by atoms with Crippen LogP contribution in [0.15, 0.2) is 97.2 Å². The van der Waals surface area contributed by atoms with Gasteiger partial charge in [-0.05, 0) is 41.8 Å². The quantitative estimate of drug-likeness (QED) is 0.384. The normalized spacial score (nSPS) is 13.6. The number of aliphatic carboxylic acids is 1. The molecule has 0 fully saturated rings. The minimum atomic E-state index is -1.65. The topological polar surface area (TPSA) is 81.5 Å². The zero-order valence-electron chi connectivity index (χ0n) is 18.5. The molecule has 0 bridgehead atoms. The van der Waals surface area contributed by atoms with Gasteiger partial charge in [0.25, 0.3) is 0 Å². The number of ether oxygens (including phenoxy) is 2. The van der Waals surface area contributed by atoms with Crippen molar-refractivity contribution in [3.05, 3.63) is 125 Å². The van der Waals surface area contributed by atoms with E-state index in [-0.39, 0.29) is 12.6 Å². The van der Waals surface area contributed by atoms with Crippen LogP contribution < -0.4 is 4.74 Å².